The molecule has 0 saturated carbocycles. The first-order valence-corrected chi connectivity index (χ1v) is 8.77. The number of hydrogen-bond acceptors (Lipinski definition) is 5. The third kappa shape index (κ3) is 3.61. The van der Waals surface area contributed by atoms with Gasteiger partial charge in [-0.25, -0.2) is 4.68 Å². The number of nitrogens with zero attached hydrogens (tertiary/aromatic N) is 4. The molecule has 3 heterocycles. The highest BCUT2D eigenvalue weighted by molar-refractivity contribution is 5.71. The third-order valence-electron chi connectivity index (χ3n) is 4.57. The molecule has 0 N–H and O–H groups in total. The molecule has 1 aromatic carbocycles. The molecule has 2 aromatic heterocycles. The van der Waals surface area contributed by atoms with Crippen molar-refractivity contribution in [2.45, 2.75) is 6.54 Å². The van der Waals surface area contributed by atoms with E-state index in [2.05, 4.69) is 22.1 Å². The van der Waals surface area contributed by atoms with Gasteiger partial charge in [0.1, 0.15) is 5.75 Å². The highest BCUT2D eigenvalue weighted by Crippen LogP contribution is 2.29. The minimum absolute atomic E-state index is 0.795. The summed E-state index contributed by atoms with van der Waals surface area (Å²) in [6, 6.07) is 12.1. The maximum absolute atomic E-state index is 5.41. The molecule has 0 amide bonds. The first-order chi connectivity index (χ1) is 12.8. The molecule has 0 unspecified atom stereocenters. The molecule has 4 rings (SSSR count). The van der Waals surface area contributed by atoms with Gasteiger partial charge in [-0.2, -0.15) is 5.10 Å². The molecule has 6 nitrogen and oxygen atoms in total. The Morgan fingerprint density at radius 2 is 2.04 bits per heavy atom. The SMILES string of the molecule is COc1ccc(-c2ccc(CN3CCOCC3)cn2)c(-n2cccn2)c1. The lowest BCUT2D eigenvalue weighted by molar-refractivity contribution is 0.0341. The van der Waals surface area contributed by atoms with E-state index in [0.717, 1.165) is 55.5 Å². The summed E-state index contributed by atoms with van der Waals surface area (Å²) in [7, 11) is 1.67. The Bertz CT molecular complexity index is 841. The average molecular weight is 350 g/mol. The minimum Gasteiger partial charge on any atom is -0.497 e. The summed E-state index contributed by atoms with van der Waals surface area (Å²) in [6.07, 6.45) is 5.65. The lowest BCUT2D eigenvalue weighted by Crippen LogP contribution is -2.35. The van der Waals surface area contributed by atoms with E-state index in [1.165, 1.54) is 5.56 Å². The van der Waals surface area contributed by atoms with Gasteiger partial charge in [-0.3, -0.25) is 9.88 Å². The number of aromatic nitrogens is 3. The Hall–Kier alpha value is -2.70. The Balaban J connectivity index is 1.61. The molecule has 0 bridgehead atoms. The van der Waals surface area contributed by atoms with E-state index in [9.17, 15) is 0 Å². The fourth-order valence-electron chi connectivity index (χ4n) is 3.15. The van der Waals surface area contributed by atoms with E-state index in [4.69, 9.17) is 14.5 Å². The van der Waals surface area contributed by atoms with Gasteiger partial charge in [-0.05, 0) is 29.8 Å². The predicted octanol–water partition coefficient (Wildman–Crippen LogP) is 2.78. The van der Waals surface area contributed by atoms with Gasteiger partial charge >= 0.3 is 0 Å². The highest BCUT2D eigenvalue weighted by Gasteiger charge is 2.13. The zero-order valence-corrected chi connectivity index (χ0v) is 14.8. The third-order valence-corrected chi connectivity index (χ3v) is 4.57. The van der Waals surface area contributed by atoms with E-state index in [-0.39, 0.29) is 0 Å². The van der Waals surface area contributed by atoms with Crippen molar-refractivity contribution in [3.63, 3.8) is 0 Å². The van der Waals surface area contributed by atoms with Gasteiger partial charge in [0, 0.05) is 49.9 Å². The second-order valence-electron chi connectivity index (χ2n) is 6.27. The number of pyridine rings is 1. The minimum atomic E-state index is 0.795. The van der Waals surface area contributed by atoms with Crippen LogP contribution < -0.4 is 4.74 Å². The highest BCUT2D eigenvalue weighted by atomic mass is 16.5. The van der Waals surface area contributed by atoms with Crippen LogP contribution in [0.3, 0.4) is 0 Å². The van der Waals surface area contributed by atoms with Crippen LogP contribution in [-0.4, -0.2) is 53.1 Å². The molecule has 0 aliphatic carbocycles. The van der Waals surface area contributed by atoms with Gasteiger partial charge in [0.05, 0.1) is 31.7 Å². The van der Waals surface area contributed by atoms with Crippen molar-refractivity contribution in [2.24, 2.45) is 0 Å². The van der Waals surface area contributed by atoms with Crippen LogP contribution in [0.15, 0.2) is 55.0 Å². The van der Waals surface area contributed by atoms with Crippen LogP contribution >= 0.6 is 0 Å². The smallest absolute Gasteiger partial charge is 0.121 e. The molecule has 0 spiro atoms. The number of benzene rings is 1. The predicted molar refractivity (Wildman–Crippen MR) is 99.4 cm³/mol. The van der Waals surface area contributed by atoms with Crippen molar-refractivity contribution in [3.8, 4) is 22.7 Å². The van der Waals surface area contributed by atoms with E-state index < -0.39 is 0 Å². The van der Waals surface area contributed by atoms with E-state index in [1.54, 1.807) is 13.3 Å². The summed E-state index contributed by atoms with van der Waals surface area (Å²) < 4.78 is 12.6. The number of ether oxygens (including phenoxy) is 2. The fraction of sp³-hybridized carbons (Fsp3) is 0.300. The average Bonchev–Trinajstić information content (AvgIpc) is 3.24. The topological polar surface area (TPSA) is 52.4 Å². The molecule has 1 aliphatic rings. The van der Waals surface area contributed by atoms with Gasteiger partial charge in [0.2, 0.25) is 0 Å². The van der Waals surface area contributed by atoms with Gasteiger partial charge in [0.25, 0.3) is 0 Å². The number of hydrogen-bond donors (Lipinski definition) is 0. The standard InChI is InChI=1S/C20H22N4O2/c1-25-17-4-5-18(20(13-17)24-8-2-7-22-24)19-6-3-16(14-21-19)15-23-9-11-26-12-10-23/h2-8,13-14H,9-12,15H2,1H3. The molecule has 1 fully saturated rings. The van der Waals surface area contributed by atoms with Crippen LogP contribution in [0.4, 0.5) is 0 Å². The molecule has 3 aromatic rings. The Morgan fingerprint density at radius 3 is 2.73 bits per heavy atom. The Kier molecular flexibility index (Phi) is 4.95. The van der Waals surface area contributed by atoms with Crippen LogP contribution in [0.1, 0.15) is 5.56 Å². The number of rotatable bonds is 5. The second kappa shape index (κ2) is 7.68. The van der Waals surface area contributed by atoms with Crippen LogP contribution in [-0.2, 0) is 11.3 Å². The van der Waals surface area contributed by atoms with E-state index in [1.807, 2.05) is 41.3 Å². The molecule has 0 atom stereocenters. The van der Waals surface area contributed by atoms with Crippen molar-refractivity contribution >= 4 is 0 Å². The fourth-order valence-corrected chi connectivity index (χ4v) is 3.15. The van der Waals surface area contributed by atoms with Crippen molar-refractivity contribution in [1.82, 2.24) is 19.7 Å². The molecule has 0 radical (unpaired) electrons. The molecule has 1 saturated heterocycles. The summed E-state index contributed by atoms with van der Waals surface area (Å²) >= 11 is 0. The number of morpholine rings is 1. The second-order valence-corrected chi connectivity index (χ2v) is 6.27. The summed E-state index contributed by atoms with van der Waals surface area (Å²) in [4.78, 5) is 7.09. The van der Waals surface area contributed by atoms with E-state index in [0.29, 0.717) is 0 Å². The van der Waals surface area contributed by atoms with Crippen LogP contribution in [0.25, 0.3) is 16.9 Å². The van der Waals surface area contributed by atoms with Crippen molar-refractivity contribution in [1.29, 1.82) is 0 Å². The van der Waals surface area contributed by atoms with Crippen LogP contribution in [0.2, 0.25) is 0 Å². The van der Waals surface area contributed by atoms with Crippen LogP contribution in [0, 0.1) is 0 Å². The molecular formula is C20H22N4O2. The van der Waals surface area contributed by atoms with Gasteiger partial charge < -0.3 is 9.47 Å². The molecule has 26 heavy (non-hydrogen) atoms. The largest absolute Gasteiger partial charge is 0.497 e. The normalized spacial score (nSPS) is 15.1. The summed E-state index contributed by atoms with van der Waals surface area (Å²) in [5.41, 5.74) is 4.10. The first kappa shape index (κ1) is 16.8. The van der Waals surface area contributed by atoms with Gasteiger partial charge in [-0.1, -0.05) is 6.07 Å². The molecule has 1 aliphatic heterocycles. The molecular weight excluding hydrogens is 328 g/mol. The Morgan fingerprint density at radius 1 is 1.15 bits per heavy atom. The van der Waals surface area contributed by atoms with Crippen molar-refractivity contribution in [3.05, 3.63) is 60.6 Å². The summed E-state index contributed by atoms with van der Waals surface area (Å²) in [5, 5.41) is 4.36. The monoisotopic (exact) mass is 350 g/mol. The zero-order chi connectivity index (χ0) is 17.8. The Labute approximate surface area is 153 Å². The summed E-state index contributed by atoms with van der Waals surface area (Å²) in [5.74, 6) is 0.795. The van der Waals surface area contributed by atoms with Crippen LogP contribution in [0.5, 0.6) is 5.75 Å². The maximum Gasteiger partial charge on any atom is 0.121 e. The quantitative estimate of drug-likeness (QED) is 0.708. The maximum atomic E-state index is 5.41. The number of methoxy groups -OCH3 is 1. The zero-order valence-electron chi connectivity index (χ0n) is 14.8. The molecule has 6 heteroatoms. The lowest BCUT2D eigenvalue weighted by atomic mass is 10.1. The first-order valence-electron chi connectivity index (χ1n) is 8.77. The lowest BCUT2D eigenvalue weighted by Gasteiger charge is -2.26. The van der Waals surface area contributed by atoms with Gasteiger partial charge in [-0.15, -0.1) is 0 Å². The van der Waals surface area contributed by atoms with Gasteiger partial charge in [0.15, 0.2) is 0 Å². The summed E-state index contributed by atoms with van der Waals surface area (Å²) in [6.45, 7) is 4.48. The van der Waals surface area contributed by atoms with E-state index >= 15 is 0 Å². The molecule has 134 valence electrons. The van der Waals surface area contributed by atoms with Crippen molar-refractivity contribution in [2.75, 3.05) is 33.4 Å². The van der Waals surface area contributed by atoms with Crippen molar-refractivity contribution < 1.29 is 9.47 Å².